The molecule has 1 atom stereocenters. The molecule has 1 amide bonds. The van der Waals surface area contributed by atoms with Gasteiger partial charge in [0.2, 0.25) is 0 Å². The molecule has 2 N–H and O–H groups in total. The molecule has 1 unspecified atom stereocenters. The number of benzene rings is 1. The zero-order valence-electron chi connectivity index (χ0n) is 11.0. The third kappa shape index (κ3) is 3.87. The average molecular weight is 320 g/mol. The highest BCUT2D eigenvalue weighted by molar-refractivity contribution is 5.98. The van der Waals surface area contributed by atoms with E-state index in [-0.39, 0.29) is 37.2 Å². The minimum absolute atomic E-state index is 0. The molecular weight excluding hydrogens is 305 g/mol. The highest BCUT2D eigenvalue weighted by atomic mass is 35.5. The predicted octanol–water partition coefficient (Wildman–Crippen LogP) is 0.955. The van der Waals surface area contributed by atoms with Crippen molar-refractivity contribution in [1.29, 1.82) is 0 Å². The van der Waals surface area contributed by atoms with E-state index in [1.165, 1.54) is 4.90 Å². The fourth-order valence-corrected chi connectivity index (χ4v) is 2.05. The number of hydrogen-bond acceptors (Lipinski definition) is 5. The predicted molar refractivity (Wildman–Crippen MR) is 75.0 cm³/mol. The van der Waals surface area contributed by atoms with Gasteiger partial charge in [-0.2, -0.15) is 0 Å². The summed E-state index contributed by atoms with van der Waals surface area (Å²) in [4.78, 5) is 23.9. The van der Waals surface area contributed by atoms with Gasteiger partial charge in [0.25, 0.3) is 11.6 Å². The number of hydrogen-bond donors (Lipinski definition) is 1. The van der Waals surface area contributed by atoms with Gasteiger partial charge in [0.05, 0.1) is 23.7 Å². The molecule has 1 aromatic carbocycles. The average Bonchev–Trinajstić information content (AvgIpc) is 2.46. The van der Waals surface area contributed by atoms with E-state index in [4.69, 9.17) is 10.5 Å². The highest BCUT2D eigenvalue weighted by Crippen LogP contribution is 2.22. The van der Waals surface area contributed by atoms with E-state index >= 15 is 0 Å². The monoisotopic (exact) mass is 319 g/mol. The number of carbonyl (C=O) groups excluding carboxylic acids is 1. The first-order valence-corrected chi connectivity index (χ1v) is 6.08. The highest BCUT2D eigenvalue weighted by Gasteiger charge is 2.29. The Labute approximate surface area is 126 Å². The molecule has 1 fully saturated rings. The lowest BCUT2D eigenvalue weighted by Crippen LogP contribution is -2.48. The Morgan fingerprint density at radius 1 is 1.57 bits per heavy atom. The third-order valence-electron chi connectivity index (χ3n) is 3.08. The van der Waals surface area contributed by atoms with E-state index in [0.29, 0.717) is 13.2 Å². The van der Waals surface area contributed by atoms with Crippen LogP contribution in [-0.4, -0.2) is 48.1 Å². The van der Waals surface area contributed by atoms with Gasteiger partial charge >= 0.3 is 0 Å². The Balaban J connectivity index is 0.00000220. The molecule has 2 rings (SSSR count). The van der Waals surface area contributed by atoms with Crippen molar-refractivity contribution in [3.05, 3.63) is 39.7 Å². The van der Waals surface area contributed by atoms with Crippen LogP contribution in [0.2, 0.25) is 0 Å². The normalized spacial score (nSPS) is 18.0. The van der Waals surface area contributed by atoms with Gasteiger partial charge in [-0.25, -0.2) is 4.39 Å². The summed E-state index contributed by atoms with van der Waals surface area (Å²) in [5.74, 6) is -1.27. The first-order chi connectivity index (χ1) is 9.52. The molecule has 1 heterocycles. The second kappa shape index (κ2) is 7.30. The number of nitrogens with zero attached hydrogens (tertiary/aromatic N) is 2. The topological polar surface area (TPSA) is 98.7 Å². The SMILES string of the molecule is Cl.NCC1CN(C(=O)c2ccc(F)cc2[N+](=O)[O-])CCO1. The van der Waals surface area contributed by atoms with Crippen LogP contribution in [0.25, 0.3) is 0 Å². The molecular formula is C12H15ClFN3O4. The van der Waals surface area contributed by atoms with E-state index in [1.807, 2.05) is 0 Å². The lowest BCUT2D eigenvalue weighted by Gasteiger charge is -2.32. The number of rotatable bonds is 3. The number of amides is 1. The number of ether oxygens (including phenoxy) is 1. The molecule has 0 radical (unpaired) electrons. The number of halogens is 2. The number of nitro groups is 1. The molecule has 9 heteroatoms. The molecule has 116 valence electrons. The van der Waals surface area contributed by atoms with Crippen molar-refractivity contribution in [1.82, 2.24) is 4.90 Å². The van der Waals surface area contributed by atoms with Crippen molar-refractivity contribution in [3.8, 4) is 0 Å². The molecule has 0 saturated carbocycles. The largest absolute Gasteiger partial charge is 0.373 e. The van der Waals surface area contributed by atoms with Gasteiger partial charge in [-0.15, -0.1) is 12.4 Å². The van der Waals surface area contributed by atoms with Gasteiger partial charge in [-0.05, 0) is 12.1 Å². The van der Waals surface area contributed by atoms with E-state index in [0.717, 1.165) is 18.2 Å². The van der Waals surface area contributed by atoms with Crippen molar-refractivity contribution < 1.29 is 18.8 Å². The quantitative estimate of drug-likeness (QED) is 0.660. The summed E-state index contributed by atoms with van der Waals surface area (Å²) in [5, 5.41) is 10.9. The maximum atomic E-state index is 13.1. The van der Waals surface area contributed by atoms with Crippen LogP contribution in [0.1, 0.15) is 10.4 Å². The van der Waals surface area contributed by atoms with Gasteiger partial charge in [0, 0.05) is 19.6 Å². The summed E-state index contributed by atoms with van der Waals surface area (Å²) in [6, 6.07) is 2.90. The van der Waals surface area contributed by atoms with Crippen molar-refractivity contribution in [2.45, 2.75) is 6.10 Å². The maximum Gasteiger partial charge on any atom is 0.285 e. The number of morpholine rings is 1. The molecule has 1 aliphatic heterocycles. The lowest BCUT2D eigenvalue weighted by atomic mass is 10.1. The second-order valence-electron chi connectivity index (χ2n) is 4.40. The molecule has 0 aliphatic carbocycles. The van der Waals surface area contributed by atoms with Crippen LogP contribution >= 0.6 is 12.4 Å². The molecule has 0 spiro atoms. The smallest absolute Gasteiger partial charge is 0.285 e. The van der Waals surface area contributed by atoms with Gasteiger partial charge in [-0.1, -0.05) is 0 Å². The van der Waals surface area contributed by atoms with E-state index in [1.54, 1.807) is 0 Å². The molecule has 21 heavy (non-hydrogen) atoms. The zero-order chi connectivity index (χ0) is 14.7. The number of nitrogens with two attached hydrogens (primary N) is 1. The van der Waals surface area contributed by atoms with Crippen molar-refractivity contribution >= 4 is 24.0 Å². The van der Waals surface area contributed by atoms with Crippen LogP contribution in [0, 0.1) is 15.9 Å². The fourth-order valence-electron chi connectivity index (χ4n) is 2.05. The van der Waals surface area contributed by atoms with Crippen molar-refractivity contribution in [2.24, 2.45) is 5.73 Å². The standard InChI is InChI=1S/C12H14FN3O4.ClH/c13-8-1-2-10(11(5-8)16(18)19)12(17)15-3-4-20-9(6-14)7-15;/h1-2,5,9H,3-4,6-7,14H2;1H. The van der Waals surface area contributed by atoms with Crippen molar-refractivity contribution in [2.75, 3.05) is 26.2 Å². The van der Waals surface area contributed by atoms with Crippen molar-refractivity contribution in [3.63, 3.8) is 0 Å². The molecule has 1 saturated heterocycles. The van der Waals surface area contributed by atoms with Gasteiger partial charge in [0.1, 0.15) is 11.4 Å². The van der Waals surface area contributed by atoms with E-state index in [9.17, 15) is 19.3 Å². The van der Waals surface area contributed by atoms with Crippen LogP contribution in [0.5, 0.6) is 0 Å². The minimum Gasteiger partial charge on any atom is -0.373 e. The Bertz CT molecular complexity index is 543. The first kappa shape index (κ1) is 17.3. The Hall–Kier alpha value is -1.77. The van der Waals surface area contributed by atoms with Gasteiger partial charge in [0.15, 0.2) is 0 Å². The molecule has 1 aromatic rings. The minimum atomic E-state index is -0.767. The van der Waals surface area contributed by atoms with Gasteiger partial charge < -0.3 is 15.4 Å². The zero-order valence-corrected chi connectivity index (χ0v) is 11.8. The summed E-state index contributed by atoms with van der Waals surface area (Å²) in [7, 11) is 0. The van der Waals surface area contributed by atoms with Crippen LogP contribution < -0.4 is 5.73 Å². The molecule has 0 aromatic heterocycles. The fraction of sp³-hybridized carbons (Fsp3) is 0.417. The number of nitro benzene ring substituents is 1. The van der Waals surface area contributed by atoms with Crippen LogP contribution in [-0.2, 0) is 4.74 Å². The molecule has 7 nitrogen and oxygen atoms in total. The summed E-state index contributed by atoms with van der Waals surface area (Å²) in [5.41, 5.74) is 4.81. The summed E-state index contributed by atoms with van der Waals surface area (Å²) in [6.07, 6.45) is -0.285. The summed E-state index contributed by atoms with van der Waals surface area (Å²) < 4.78 is 18.4. The molecule has 0 bridgehead atoms. The Morgan fingerprint density at radius 2 is 2.29 bits per heavy atom. The van der Waals surface area contributed by atoms with Crippen LogP contribution in [0.15, 0.2) is 18.2 Å². The van der Waals surface area contributed by atoms with Gasteiger partial charge in [-0.3, -0.25) is 14.9 Å². The van der Waals surface area contributed by atoms with Crippen LogP contribution in [0.3, 0.4) is 0 Å². The third-order valence-corrected chi connectivity index (χ3v) is 3.08. The number of carbonyl (C=O) groups is 1. The Kier molecular flexibility index (Phi) is 6.01. The van der Waals surface area contributed by atoms with E-state index in [2.05, 4.69) is 0 Å². The summed E-state index contributed by atoms with van der Waals surface area (Å²) >= 11 is 0. The van der Waals surface area contributed by atoms with E-state index < -0.39 is 22.3 Å². The Morgan fingerprint density at radius 3 is 2.90 bits per heavy atom. The first-order valence-electron chi connectivity index (χ1n) is 6.08. The molecule has 1 aliphatic rings. The summed E-state index contributed by atoms with van der Waals surface area (Å²) in [6.45, 7) is 1.17. The van der Waals surface area contributed by atoms with Crippen LogP contribution in [0.4, 0.5) is 10.1 Å². The second-order valence-corrected chi connectivity index (χ2v) is 4.40. The lowest BCUT2D eigenvalue weighted by molar-refractivity contribution is -0.385. The maximum absolute atomic E-state index is 13.1.